The van der Waals surface area contributed by atoms with Crippen LogP contribution in [0.1, 0.15) is 5.69 Å². The molecule has 2 N–H and O–H groups in total. The van der Waals surface area contributed by atoms with Crippen molar-refractivity contribution >= 4 is 11.6 Å². The number of aromatic nitrogens is 1. The Kier molecular flexibility index (Phi) is 3.07. The quantitative estimate of drug-likeness (QED) is 0.899. The highest BCUT2D eigenvalue weighted by molar-refractivity contribution is 6.30. The number of oxazole rings is 1. The molecule has 0 saturated heterocycles. The summed E-state index contributed by atoms with van der Waals surface area (Å²) in [5, 5.41) is -0.0249. The zero-order valence-electron chi connectivity index (χ0n) is 8.11. The monoisotopic (exact) mass is 242 g/mol. The minimum Gasteiger partial charge on any atom is -0.417 e. The van der Waals surface area contributed by atoms with Crippen molar-refractivity contribution in [3.8, 4) is 11.8 Å². The average molecular weight is 243 g/mol. The van der Waals surface area contributed by atoms with Crippen LogP contribution >= 0.6 is 11.6 Å². The molecule has 4 nitrogen and oxygen atoms in total. The minimum absolute atomic E-state index is 0.0249. The molecular weight excluding hydrogens is 235 g/mol. The van der Waals surface area contributed by atoms with Crippen molar-refractivity contribution in [1.29, 1.82) is 0 Å². The Morgan fingerprint density at radius 1 is 1.50 bits per heavy atom. The topological polar surface area (TPSA) is 61.3 Å². The van der Waals surface area contributed by atoms with E-state index in [1.165, 1.54) is 18.4 Å². The van der Waals surface area contributed by atoms with Crippen molar-refractivity contribution < 1.29 is 13.5 Å². The van der Waals surface area contributed by atoms with Crippen LogP contribution in [-0.2, 0) is 6.54 Å². The Hall–Kier alpha value is -1.59. The standard InChI is InChI=1S/C10H8ClFN2O2/c11-7-2-1-3-8(9(7)12)16-10-14-6(4-13)5-15-10/h1-3,5H,4,13H2. The molecule has 2 aromatic rings. The fourth-order valence-electron chi connectivity index (χ4n) is 1.09. The molecule has 0 spiro atoms. The zero-order valence-corrected chi connectivity index (χ0v) is 8.87. The van der Waals surface area contributed by atoms with E-state index in [4.69, 9.17) is 26.5 Å². The van der Waals surface area contributed by atoms with E-state index in [0.29, 0.717) is 5.69 Å². The number of hydrogen-bond donors (Lipinski definition) is 1. The number of nitrogens with two attached hydrogens (primary N) is 1. The highest BCUT2D eigenvalue weighted by Gasteiger charge is 2.11. The van der Waals surface area contributed by atoms with Crippen LogP contribution in [-0.4, -0.2) is 4.98 Å². The third-order valence-corrected chi connectivity index (χ3v) is 2.15. The molecule has 16 heavy (non-hydrogen) atoms. The minimum atomic E-state index is -0.656. The Labute approximate surface area is 95.8 Å². The number of rotatable bonds is 3. The van der Waals surface area contributed by atoms with Gasteiger partial charge < -0.3 is 14.9 Å². The first-order chi connectivity index (χ1) is 7.70. The van der Waals surface area contributed by atoms with E-state index in [-0.39, 0.29) is 23.4 Å². The molecule has 0 radical (unpaired) electrons. The summed E-state index contributed by atoms with van der Waals surface area (Å²) in [7, 11) is 0. The lowest BCUT2D eigenvalue weighted by Crippen LogP contribution is -1.96. The number of nitrogens with zero attached hydrogens (tertiary/aromatic N) is 1. The number of benzene rings is 1. The van der Waals surface area contributed by atoms with Crippen LogP contribution < -0.4 is 10.5 Å². The summed E-state index contributed by atoms with van der Waals surface area (Å²) in [6.45, 7) is 0.227. The first kappa shape index (κ1) is 10.9. The van der Waals surface area contributed by atoms with Gasteiger partial charge in [-0.3, -0.25) is 0 Å². The molecule has 1 aromatic heterocycles. The highest BCUT2D eigenvalue weighted by atomic mass is 35.5. The van der Waals surface area contributed by atoms with E-state index in [1.807, 2.05) is 0 Å². The lowest BCUT2D eigenvalue weighted by Gasteiger charge is -2.02. The summed E-state index contributed by atoms with van der Waals surface area (Å²) in [4.78, 5) is 3.87. The van der Waals surface area contributed by atoms with Crippen LogP contribution in [0.2, 0.25) is 5.02 Å². The molecule has 0 amide bonds. The summed E-state index contributed by atoms with van der Waals surface area (Å²) < 4.78 is 23.4. The van der Waals surface area contributed by atoms with Crippen LogP contribution in [0.3, 0.4) is 0 Å². The van der Waals surface area contributed by atoms with Crippen molar-refractivity contribution in [2.45, 2.75) is 6.54 Å². The summed E-state index contributed by atoms with van der Waals surface area (Å²) in [6, 6.07) is 4.41. The Morgan fingerprint density at radius 3 is 3.00 bits per heavy atom. The molecule has 6 heteroatoms. The summed E-state index contributed by atoms with van der Waals surface area (Å²) in [5.74, 6) is -0.699. The van der Waals surface area contributed by atoms with Gasteiger partial charge in [-0.15, -0.1) is 0 Å². The molecule has 0 aliphatic carbocycles. The molecular formula is C10H8ClFN2O2. The third kappa shape index (κ3) is 2.15. The second-order valence-corrected chi connectivity index (χ2v) is 3.37. The largest absolute Gasteiger partial charge is 0.417 e. The molecule has 2 rings (SSSR count). The van der Waals surface area contributed by atoms with E-state index in [0.717, 1.165) is 0 Å². The Bertz CT molecular complexity index is 501. The SMILES string of the molecule is NCc1coc(Oc2cccc(Cl)c2F)n1. The molecule has 0 aliphatic rings. The molecule has 84 valence electrons. The van der Waals surface area contributed by atoms with Crippen LogP contribution in [0, 0.1) is 5.82 Å². The molecule has 0 unspecified atom stereocenters. The van der Waals surface area contributed by atoms with Crippen LogP contribution in [0.4, 0.5) is 4.39 Å². The van der Waals surface area contributed by atoms with E-state index in [1.54, 1.807) is 6.07 Å². The predicted octanol–water partition coefficient (Wildman–Crippen LogP) is 2.72. The molecule has 1 heterocycles. The summed E-state index contributed by atoms with van der Waals surface area (Å²) >= 11 is 5.59. The number of hydrogen-bond acceptors (Lipinski definition) is 4. The van der Waals surface area contributed by atoms with Gasteiger partial charge in [-0.1, -0.05) is 17.7 Å². The van der Waals surface area contributed by atoms with E-state index in [2.05, 4.69) is 4.98 Å². The van der Waals surface area contributed by atoms with Gasteiger partial charge >= 0.3 is 6.08 Å². The van der Waals surface area contributed by atoms with Gasteiger partial charge in [0, 0.05) is 6.54 Å². The molecule has 0 atom stereocenters. The van der Waals surface area contributed by atoms with Gasteiger partial charge in [0.25, 0.3) is 0 Å². The zero-order chi connectivity index (χ0) is 11.5. The van der Waals surface area contributed by atoms with Crippen molar-refractivity contribution in [2.75, 3.05) is 0 Å². The van der Waals surface area contributed by atoms with Crippen molar-refractivity contribution in [1.82, 2.24) is 4.98 Å². The first-order valence-electron chi connectivity index (χ1n) is 4.47. The van der Waals surface area contributed by atoms with Gasteiger partial charge in [-0.25, -0.2) is 4.39 Å². The average Bonchev–Trinajstić information content (AvgIpc) is 2.73. The van der Waals surface area contributed by atoms with Gasteiger partial charge in [-0.05, 0) is 12.1 Å². The van der Waals surface area contributed by atoms with Gasteiger partial charge in [0.1, 0.15) is 6.26 Å². The van der Waals surface area contributed by atoms with Gasteiger partial charge in [0.15, 0.2) is 11.6 Å². The van der Waals surface area contributed by atoms with E-state index >= 15 is 0 Å². The second kappa shape index (κ2) is 4.51. The van der Waals surface area contributed by atoms with Crippen LogP contribution in [0.5, 0.6) is 11.8 Å². The highest BCUT2D eigenvalue weighted by Crippen LogP contribution is 2.28. The molecule has 0 bridgehead atoms. The fraction of sp³-hybridized carbons (Fsp3) is 0.100. The predicted molar refractivity (Wildman–Crippen MR) is 55.9 cm³/mol. The fourth-order valence-corrected chi connectivity index (χ4v) is 1.25. The van der Waals surface area contributed by atoms with E-state index in [9.17, 15) is 4.39 Å². The van der Waals surface area contributed by atoms with Crippen molar-refractivity contribution in [3.05, 3.63) is 41.0 Å². The van der Waals surface area contributed by atoms with Gasteiger partial charge in [0.2, 0.25) is 0 Å². The molecule has 0 fully saturated rings. The van der Waals surface area contributed by atoms with Crippen LogP contribution in [0.25, 0.3) is 0 Å². The van der Waals surface area contributed by atoms with Crippen molar-refractivity contribution in [3.63, 3.8) is 0 Å². The Balaban J connectivity index is 2.23. The first-order valence-corrected chi connectivity index (χ1v) is 4.85. The number of ether oxygens (including phenoxy) is 1. The summed E-state index contributed by atoms with van der Waals surface area (Å²) in [6.07, 6.45) is 1.28. The van der Waals surface area contributed by atoms with Gasteiger partial charge in [0.05, 0.1) is 10.7 Å². The Morgan fingerprint density at radius 2 is 2.31 bits per heavy atom. The smallest absolute Gasteiger partial charge is 0.399 e. The third-order valence-electron chi connectivity index (χ3n) is 1.85. The maximum atomic E-state index is 13.4. The van der Waals surface area contributed by atoms with Crippen LogP contribution in [0.15, 0.2) is 28.9 Å². The maximum absolute atomic E-state index is 13.4. The lowest BCUT2D eigenvalue weighted by atomic mass is 10.3. The number of halogens is 2. The maximum Gasteiger partial charge on any atom is 0.399 e. The normalized spacial score (nSPS) is 10.4. The van der Waals surface area contributed by atoms with Gasteiger partial charge in [-0.2, -0.15) is 4.98 Å². The molecule has 0 saturated carbocycles. The lowest BCUT2D eigenvalue weighted by molar-refractivity contribution is 0.318. The summed E-state index contributed by atoms with van der Waals surface area (Å²) in [5.41, 5.74) is 5.86. The van der Waals surface area contributed by atoms with E-state index < -0.39 is 5.82 Å². The second-order valence-electron chi connectivity index (χ2n) is 2.96. The van der Waals surface area contributed by atoms with Crippen molar-refractivity contribution in [2.24, 2.45) is 5.73 Å². The molecule has 1 aromatic carbocycles. The molecule has 0 aliphatic heterocycles.